The Balaban J connectivity index is 0.00000441. The predicted molar refractivity (Wildman–Crippen MR) is 97.9 cm³/mol. The fourth-order valence-electron chi connectivity index (χ4n) is 1.98. The van der Waals surface area contributed by atoms with Crippen LogP contribution >= 0.6 is 24.0 Å². The fourth-order valence-corrected chi connectivity index (χ4v) is 1.98. The third-order valence-corrected chi connectivity index (χ3v) is 3.04. The summed E-state index contributed by atoms with van der Waals surface area (Å²) in [6, 6.07) is 0. The van der Waals surface area contributed by atoms with Crippen molar-refractivity contribution in [1.29, 1.82) is 0 Å². The van der Waals surface area contributed by atoms with Crippen molar-refractivity contribution in [3.8, 4) is 0 Å². The van der Waals surface area contributed by atoms with Crippen molar-refractivity contribution < 1.29 is 14.3 Å². The molecule has 0 aromatic heterocycles. The largest absolute Gasteiger partial charge is 0.463 e. The van der Waals surface area contributed by atoms with E-state index in [0.29, 0.717) is 18.9 Å². The van der Waals surface area contributed by atoms with Gasteiger partial charge in [0.25, 0.3) is 0 Å². The van der Waals surface area contributed by atoms with Gasteiger partial charge in [-0.25, -0.2) is 0 Å². The number of halogens is 1. The van der Waals surface area contributed by atoms with Crippen molar-refractivity contribution in [1.82, 2.24) is 15.5 Å². The summed E-state index contributed by atoms with van der Waals surface area (Å²) in [6.07, 6.45) is 0.269. The molecule has 1 heterocycles. The first kappa shape index (κ1) is 21.4. The lowest BCUT2D eigenvalue weighted by Gasteiger charge is -2.26. The molecule has 7 nitrogen and oxygen atoms in total. The van der Waals surface area contributed by atoms with Crippen LogP contribution in [-0.2, 0) is 14.3 Å². The lowest BCUT2D eigenvalue weighted by atomic mass is 10.4. The van der Waals surface area contributed by atoms with Crippen molar-refractivity contribution in [2.24, 2.45) is 4.99 Å². The smallest absolute Gasteiger partial charge is 0.307 e. The molecule has 0 bridgehead atoms. The molecule has 0 atom stereocenters. The summed E-state index contributed by atoms with van der Waals surface area (Å²) in [4.78, 5) is 17.9. The SMILES string of the molecule is CN=C(NCCC(=O)OC(C)C)NCCN1CCOCC1.I. The van der Waals surface area contributed by atoms with Gasteiger partial charge in [0.2, 0.25) is 0 Å². The van der Waals surface area contributed by atoms with Gasteiger partial charge in [-0.05, 0) is 13.8 Å². The second-order valence-corrected chi connectivity index (χ2v) is 5.17. The molecule has 0 spiro atoms. The normalized spacial score (nSPS) is 16.1. The quantitative estimate of drug-likeness (QED) is 0.266. The minimum atomic E-state index is -0.193. The Kier molecular flexibility index (Phi) is 12.5. The van der Waals surface area contributed by atoms with Crippen LogP contribution in [0.2, 0.25) is 0 Å². The topological polar surface area (TPSA) is 75.2 Å². The van der Waals surface area contributed by atoms with Crippen LogP contribution in [0.25, 0.3) is 0 Å². The molecule has 1 rings (SSSR count). The first-order valence-corrected chi connectivity index (χ1v) is 7.56. The predicted octanol–water partition coefficient (Wildman–Crippen LogP) is 0.443. The minimum absolute atomic E-state index is 0. The number of ether oxygens (including phenoxy) is 2. The third-order valence-electron chi connectivity index (χ3n) is 3.04. The van der Waals surface area contributed by atoms with E-state index in [9.17, 15) is 4.79 Å². The van der Waals surface area contributed by atoms with E-state index in [1.54, 1.807) is 7.05 Å². The van der Waals surface area contributed by atoms with E-state index in [1.165, 1.54) is 0 Å². The van der Waals surface area contributed by atoms with Gasteiger partial charge < -0.3 is 20.1 Å². The van der Waals surface area contributed by atoms with Crippen LogP contribution in [0.3, 0.4) is 0 Å². The molecule has 0 radical (unpaired) electrons. The van der Waals surface area contributed by atoms with E-state index in [4.69, 9.17) is 9.47 Å². The molecule has 0 aliphatic carbocycles. The van der Waals surface area contributed by atoms with Crippen molar-refractivity contribution in [2.75, 3.05) is 53.0 Å². The zero-order chi connectivity index (χ0) is 15.5. The van der Waals surface area contributed by atoms with Crippen LogP contribution in [0.1, 0.15) is 20.3 Å². The van der Waals surface area contributed by atoms with Gasteiger partial charge in [-0.2, -0.15) is 0 Å². The summed E-state index contributed by atoms with van der Waals surface area (Å²) in [7, 11) is 1.72. The summed E-state index contributed by atoms with van der Waals surface area (Å²) < 4.78 is 10.4. The van der Waals surface area contributed by atoms with E-state index < -0.39 is 0 Å². The molecule has 0 amide bonds. The zero-order valence-electron chi connectivity index (χ0n) is 13.8. The maximum Gasteiger partial charge on any atom is 0.307 e. The first-order valence-electron chi connectivity index (χ1n) is 7.56. The second-order valence-electron chi connectivity index (χ2n) is 5.17. The average Bonchev–Trinajstić information content (AvgIpc) is 2.46. The van der Waals surface area contributed by atoms with Crippen LogP contribution in [-0.4, -0.2) is 75.9 Å². The number of nitrogens with one attached hydrogen (secondary N) is 2. The Morgan fingerprint density at radius 2 is 1.91 bits per heavy atom. The Labute approximate surface area is 150 Å². The van der Waals surface area contributed by atoms with E-state index >= 15 is 0 Å². The highest BCUT2D eigenvalue weighted by atomic mass is 127. The van der Waals surface area contributed by atoms with Crippen molar-refractivity contribution in [3.05, 3.63) is 0 Å². The molecule has 1 saturated heterocycles. The molecule has 0 aromatic carbocycles. The van der Waals surface area contributed by atoms with Crippen LogP contribution < -0.4 is 10.6 Å². The third kappa shape index (κ3) is 10.2. The van der Waals surface area contributed by atoms with Crippen molar-refractivity contribution >= 4 is 35.9 Å². The highest BCUT2D eigenvalue weighted by Gasteiger charge is 2.10. The Bertz CT molecular complexity index is 334. The van der Waals surface area contributed by atoms with Crippen LogP contribution in [0.15, 0.2) is 4.99 Å². The molecule has 2 N–H and O–H groups in total. The standard InChI is InChI=1S/C14H28N4O3.HI/c1-12(2)21-13(19)4-5-16-14(15-3)17-6-7-18-8-10-20-11-9-18;/h12H,4-11H2,1-3H3,(H2,15,16,17);1H. The number of hydrogen-bond donors (Lipinski definition) is 2. The molecule has 0 aromatic rings. The summed E-state index contributed by atoms with van der Waals surface area (Å²) in [5.74, 6) is 0.516. The number of rotatable bonds is 7. The molecule has 1 aliphatic rings. The lowest BCUT2D eigenvalue weighted by molar-refractivity contribution is -0.147. The van der Waals surface area contributed by atoms with Gasteiger partial charge in [0.15, 0.2) is 5.96 Å². The van der Waals surface area contributed by atoms with Gasteiger partial charge in [0, 0.05) is 39.8 Å². The van der Waals surface area contributed by atoms with Crippen molar-refractivity contribution in [2.45, 2.75) is 26.4 Å². The molecular weight excluding hydrogens is 399 g/mol. The number of aliphatic imine (C=N–C) groups is 1. The zero-order valence-corrected chi connectivity index (χ0v) is 16.1. The monoisotopic (exact) mass is 428 g/mol. The molecule has 0 saturated carbocycles. The maximum atomic E-state index is 11.4. The number of esters is 1. The molecular formula is C14H29IN4O3. The number of nitrogens with zero attached hydrogens (tertiary/aromatic N) is 2. The average molecular weight is 428 g/mol. The van der Waals surface area contributed by atoms with E-state index in [-0.39, 0.29) is 36.0 Å². The van der Waals surface area contributed by atoms with Gasteiger partial charge in [0.05, 0.1) is 25.7 Å². The highest BCUT2D eigenvalue weighted by molar-refractivity contribution is 14.0. The lowest BCUT2D eigenvalue weighted by Crippen LogP contribution is -2.44. The molecule has 1 aliphatic heterocycles. The van der Waals surface area contributed by atoms with E-state index in [2.05, 4.69) is 20.5 Å². The number of morpholine rings is 1. The highest BCUT2D eigenvalue weighted by Crippen LogP contribution is 1.95. The first-order chi connectivity index (χ1) is 10.1. The number of carbonyl (C=O) groups is 1. The molecule has 1 fully saturated rings. The Morgan fingerprint density at radius 1 is 1.27 bits per heavy atom. The summed E-state index contributed by atoms with van der Waals surface area (Å²) in [5.41, 5.74) is 0. The van der Waals surface area contributed by atoms with Gasteiger partial charge in [-0.1, -0.05) is 0 Å². The molecule has 0 unspecified atom stereocenters. The maximum absolute atomic E-state index is 11.4. The van der Waals surface area contributed by atoms with E-state index in [0.717, 1.165) is 39.4 Å². The van der Waals surface area contributed by atoms with Crippen LogP contribution in [0.4, 0.5) is 0 Å². The van der Waals surface area contributed by atoms with Gasteiger partial charge in [0.1, 0.15) is 0 Å². The Hall–Kier alpha value is -0.610. The molecule has 22 heavy (non-hydrogen) atoms. The summed E-state index contributed by atoms with van der Waals surface area (Å²) >= 11 is 0. The van der Waals surface area contributed by atoms with Gasteiger partial charge in [-0.3, -0.25) is 14.7 Å². The van der Waals surface area contributed by atoms with Gasteiger partial charge in [-0.15, -0.1) is 24.0 Å². The summed E-state index contributed by atoms with van der Waals surface area (Å²) in [5, 5.41) is 6.34. The van der Waals surface area contributed by atoms with Crippen LogP contribution in [0.5, 0.6) is 0 Å². The number of hydrogen-bond acceptors (Lipinski definition) is 5. The second kappa shape index (κ2) is 12.9. The molecule has 130 valence electrons. The number of carbonyl (C=O) groups excluding carboxylic acids is 1. The Morgan fingerprint density at radius 3 is 2.50 bits per heavy atom. The summed E-state index contributed by atoms with van der Waals surface area (Å²) in [6.45, 7) is 9.56. The number of guanidine groups is 1. The van der Waals surface area contributed by atoms with Gasteiger partial charge >= 0.3 is 5.97 Å². The van der Waals surface area contributed by atoms with Crippen molar-refractivity contribution in [3.63, 3.8) is 0 Å². The fraction of sp³-hybridized carbons (Fsp3) is 0.857. The van der Waals surface area contributed by atoms with Crippen LogP contribution in [0, 0.1) is 0 Å². The molecule has 8 heteroatoms. The van der Waals surface area contributed by atoms with E-state index in [1.807, 2.05) is 13.8 Å². The minimum Gasteiger partial charge on any atom is -0.463 e.